The highest BCUT2D eigenvalue weighted by Gasteiger charge is 2.35. The predicted molar refractivity (Wildman–Crippen MR) is 167 cm³/mol. The zero-order valence-electron chi connectivity index (χ0n) is 25.1. The first-order chi connectivity index (χ1) is 22.1. The number of anilines is 1. The summed E-state index contributed by atoms with van der Waals surface area (Å²) < 4.78 is 38.2. The van der Waals surface area contributed by atoms with E-state index >= 15 is 0 Å². The molecular formula is C30H34N7O8P. The number of hydrogen-bond acceptors (Lipinski definition) is 11. The molecule has 0 radical (unpaired) electrons. The third-order valence-electron chi connectivity index (χ3n) is 6.83. The van der Waals surface area contributed by atoms with Gasteiger partial charge in [-0.3, -0.25) is 28.5 Å². The zero-order chi connectivity index (χ0) is 32.7. The average molecular weight is 652 g/mol. The number of nitrogen functional groups attached to an aromatic ring is 1. The Labute approximate surface area is 263 Å². The maximum Gasteiger partial charge on any atom is 0.342 e. The third kappa shape index (κ3) is 8.33. The Morgan fingerprint density at radius 3 is 2.11 bits per heavy atom. The summed E-state index contributed by atoms with van der Waals surface area (Å²) in [6.45, 7) is 2.73. The Balaban J connectivity index is 1.24. The first-order valence-electron chi connectivity index (χ1n) is 14.4. The third-order valence-corrected chi connectivity index (χ3v) is 8.80. The van der Waals surface area contributed by atoms with Crippen LogP contribution in [0.4, 0.5) is 5.95 Å². The smallest absolute Gasteiger partial charge is 0.342 e. The summed E-state index contributed by atoms with van der Waals surface area (Å²) >= 11 is 0. The fraction of sp³-hybridized carbons (Fsp3) is 0.300. The maximum absolute atomic E-state index is 14.1. The standard InChI is InChI=1S/C30H34N7O8P/c1-19(28(39)42-15-21-9-5-3-6-10-21)35-46(41,36-20(2)29(40)43-16-22-11-7-4-8-12-22)44-17-23-13-14-24(45-23)37-18-32-25-26(37)33-30(31)34-27(25)38/h3-14,18-20,23-24H,15-17H2,1-2H3,(H2,35,36,41)(H3,31,33,34,38)/t19-,20-,23-,24+/m0/s1. The molecule has 0 fully saturated rings. The molecule has 0 bridgehead atoms. The molecule has 1 aliphatic heterocycles. The Hall–Kier alpha value is -4.66. The van der Waals surface area contributed by atoms with Crippen molar-refractivity contribution in [2.24, 2.45) is 0 Å². The molecule has 0 unspecified atom stereocenters. The summed E-state index contributed by atoms with van der Waals surface area (Å²) in [5.41, 5.74) is 7.07. The van der Waals surface area contributed by atoms with Gasteiger partial charge < -0.3 is 24.5 Å². The van der Waals surface area contributed by atoms with E-state index in [-0.39, 0.29) is 36.9 Å². The first-order valence-corrected chi connectivity index (χ1v) is 16.0. The van der Waals surface area contributed by atoms with Crippen LogP contribution in [0.5, 0.6) is 0 Å². The lowest BCUT2D eigenvalue weighted by Gasteiger charge is -2.27. The Morgan fingerprint density at radius 1 is 0.978 bits per heavy atom. The molecule has 3 heterocycles. The molecule has 1 aliphatic rings. The first kappa shape index (κ1) is 32.7. The van der Waals surface area contributed by atoms with E-state index in [0.29, 0.717) is 0 Å². The number of esters is 2. The molecule has 0 aliphatic carbocycles. The fourth-order valence-electron chi connectivity index (χ4n) is 4.48. The summed E-state index contributed by atoms with van der Waals surface area (Å²) in [5, 5.41) is 5.34. The summed E-state index contributed by atoms with van der Waals surface area (Å²) in [6.07, 6.45) is 3.33. The molecule has 15 nitrogen and oxygen atoms in total. The lowest BCUT2D eigenvalue weighted by molar-refractivity contribution is -0.147. The van der Waals surface area contributed by atoms with E-state index in [2.05, 4.69) is 25.1 Å². The number of aromatic nitrogens is 4. The Kier molecular flexibility index (Phi) is 10.4. The minimum Gasteiger partial charge on any atom is -0.460 e. The van der Waals surface area contributed by atoms with Crippen LogP contribution >= 0.6 is 7.67 Å². The molecule has 4 atom stereocenters. The molecule has 5 rings (SSSR count). The highest BCUT2D eigenvalue weighted by Crippen LogP contribution is 2.40. The van der Waals surface area contributed by atoms with Crippen molar-refractivity contribution in [3.05, 3.63) is 101 Å². The van der Waals surface area contributed by atoms with E-state index in [1.165, 1.54) is 24.7 Å². The number of rotatable bonds is 14. The highest BCUT2D eigenvalue weighted by molar-refractivity contribution is 7.54. The van der Waals surface area contributed by atoms with Crippen LogP contribution in [0.1, 0.15) is 31.2 Å². The van der Waals surface area contributed by atoms with E-state index in [1.807, 2.05) is 60.7 Å². The SMILES string of the molecule is C[C@H](NP(=O)(N[C@@H](C)C(=O)OCc1ccccc1)OC[C@@H]1C=C[C@H](n2cnc3c(=O)[nH]c(N)nc32)O1)C(=O)OCc1ccccc1. The highest BCUT2D eigenvalue weighted by atomic mass is 31.2. The number of ether oxygens (including phenoxy) is 3. The van der Waals surface area contributed by atoms with E-state index in [0.717, 1.165) is 11.1 Å². The van der Waals surface area contributed by atoms with Gasteiger partial charge in [-0.2, -0.15) is 4.98 Å². The Bertz CT molecular complexity index is 1730. The van der Waals surface area contributed by atoms with Gasteiger partial charge in [-0.1, -0.05) is 66.7 Å². The lowest BCUT2D eigenvalue weighted by Crippen LogP contribution is -2.42. The summed E-state index contributed by atoms with van der Waals surface area (Å²) in [4.78, 5) is 48.4. The summed E-state index contributed by atoms with van der Waals surface area (Å²) in [5.74, 6) is -1.44. The predicted octanol–water partition coefficient (Wildman–Crippen LogP) is 2.72. The van der Waals surface area contributed by atoms with Gasteiger partial charge >= 0.3 is 19.6 Å². The van der Waals surface area contributed by atoms with Crippen LogP contribution < -0.4 is 21.5 Å². The van der Waals surface area contributed by atoms with E-state index in [9.17, 15) is 18.9 Å². The van der Waals surface area contributed by atoms with E-state index in [4.69, 9.17) is 24.5 Å². The average Bonchev–Trinajstić information content (AvgIpc) is 3.69. The molecule has 2 aromatic heterocycles. The minimum atomic E-state index is -4.12. The molecule has 0 spiro atoms. The monoisotopic (exact) mass is 651 g/mol. The van der Waals surface area contributed by atoms with Gasteiger partial charge in [0.05, 0.1) is 12.9 Å². The van der Waals surface area contributed by atoms with Crippen LogP contribution in [0.2, 0.25) is 0 Å². The summed E-state index contributed by atoms with van der Waals surface area (Å²) in [6, 6.07) is 16.0. The van der Waals surface area contributed by atoms with Crippen LogP contribution in [0.15, 0.2) is 83.9 Å². The van der Waals surface area contributed by atoms with Gasteiger partial charge in [0.25, 0.3) is 5.56 Å². The lowest BCUT2D eigenvalue weighted by atomic mass is 10.2. The maximum atomic E-state index is 14.1. The number of imidazole rings is 1. The van der Waals surface area contributed by atoms with Crippen molar-refractivity contribution in [1.29, 1.82) is 0 Å². The van der Waals surface area contributed by atoms with Crippen LogP contribution in [0.3, 0.4) is 0 Å². The zero-order valence-corrected chi connectivity index (χ0v) is 26.0. The van der Waals surface area contributed by atoms with Gasteiger partial charge in [-0.15, -0.1) is 0 Å². The van der Waals surface area contributed by atoms with Crippen molar-refractivity contribution in [2.45, 2.75) is 51.5 Å². The molecule has 5 N–H and O–H groups in total. The molecule has 242 valence electrons. The number of H-pyrrole nitrogens is 1. The normalized spacial score (nSPS) is 17.5. The number of carbonyl (C=O) groups excluding carboxylic acids is 2. The van der Waals surface area contributed by atoms with Gasteiger partial charge in [0.2, 0.25) is 5.95 Å². The molecule has 0 saturated heterocycles. The second kappa shape index (κ2) is 14.6. The van der Waals surface area contributed by atoms with Crippen LogP contribution in [-0.2, 0) is 46.1 Å². The Morgan fingerprint density at radius 2 is 1.54 bits per heavy atom. The topological polar surface area (TPSA) is 202 Å². The second-order valence-corrected chi connectivity index (χ2v) is 12.3. The largest absolute Gasteiger partial charge is 0.460 e. The summed E-state index contributed by atoms with van der Waals surface area (Å²) in [7, 11) is -4.12. The minimum absolute atomic E-state index is 0.0178. The van der Waals surface area contributed by atoms with Crippen molar-refractivity contribution in [2.75, 3.05) is 12.3 Å². The second-order valence-electron chi connectivity index (χ2n) is 10.5. The number of nitrogens with two attached hydrogens (primary N) is 1. The van der Waals surface area contributed by atoms with Gasteiger partial charge in [-0.25, -0.2) is 15.2 Å². The number of hydrogen-bond donors (Lipinski definition) is 4. The quantitative estimate of drug-likeness (QED) is 0.0882. The number of nitrogens with one attached hydrogen (secondary N) is 3. The molecule has 4 aromatic rings. The molecule has 2 aromatic carbocycles. The van der Waals surface area contributed by atoms with Gasteiger partial charge in [0, 0.05) is 0 Å². The molecular weight excluding hydrogens is 617 g/mol. The molecule has 46 heavy (non-hydrogen) atoms. The van der Waals surface area contributed by atoms with Gasteiger partial charge in [0.15, 0.2) is 17.4 Å². The number of carbonyl (C=O) groups is 2. The van der Waals surface area contributed by atoms with Gasteiger partial charge in [0.1, 0.15) is 31.4 Å². The van der Waals surface area contributed by atoms with Crippen molar-refractivity contribution < 1.29 is 32.9 Å². The van der Waals surface area contributed by atoms with Crippen molar-refractivity contribution in [3.63, 3.8) is 0 Å². The fourth-order valence-corrected chi connectivity index (χ4v) is 6.30. The molecule has 0 amide bonds. The van der Waals surface area contributed by atoms with E-state index < -0.39 is 49.6 Å². The number of fused-ring (bicyclic) bond motifs is 1. The van der Waals surface area contributed by atoms with Crippen LogP contribution in [0, 0.1) is 0 Å². The van der Waals surface area contributed by atoms with E-state index in [1.54, 1.807) is 12.2 Å². The van der Waals surface area contributed by atoms with Crippen LogP contribution in [-0.4, -0.2) is 56.3 Å². The van der Waals surface area contributed by atoms with Gasteiger partial charge in [-0.05, 0) is 31.1 Å². The number of nitrogens with zero attached hydrogens (tertiary/aromatic N) is 3. The molecule has 0 saturated carbocycles. The van der Waals surface area contributed by atoms with Crippen molar-refractivity contribution >= 4 is 36.7 Å². The number of benzene rings is 2. The molecule has 16 heteroatoms. The number of aromatic amines is 1. The van der Waals surface area contributed by atoms with Crippen molar-refractivity contribution in [1.82, 2.24) is 29.7 Å². The van der Waals surface area contributed by atoms with Crippen molar-refractivity contribution in [3.8, 4) is 0 Å². The van der Waals surface area contributed by atoms with Crippen LogP contribution in [0.25, 0.3) is 11.2 Å².